The first-order valence-electron chi connectivity index (χ1n) is 8.10. The lowest BCUT2D eigenvalue weighted by molar-refractivity contribution is 0.0944. The van der Waals surface area contributed by atoms with Crippen LogP contribution in [0.3, 0.4) is 0 Å². The molecule has 0 aliphatic carbocycles. The fraction of sp³-hybridized carbons (Fsp3) is 0.316. The smallest absolute Gasteiger partial charge is 0.254 e. The van der Waals surface area contributed by atoms with Crippen molar-refractivity contribution >= 4 is 5.91 Å². The standard InChI is InChI=1S/C19H21FN2O2/c1-24-16-5-2-14(3-6-16)15-4-7-17(18(20)10-15)19(23)22-12-13-8-9-21-11-13/h2-7,10,13,21H,8-9,11-12H2,1H3,(H,22,23). The van der Waals surface area contributed by atoms with Crippen LogP contribution in [-0.4, -0.2) is 32.7 Å². The van der Waals surface area contributed by atoms with Gasteiger partial charge in [-0.2, -0.15) is 0 Å². The summed E-state index contributed by atoms with van der Waals surface area (Å²) in [6.45, 7) is 2.45. The van der Waals surface area contributed by atoms with Crippen LogP contribution in [0.1, 0.15) is 16.8 Å². The summed E-state index contributed by atoms with van der Waals surface area (Å²) in [5.41, 5.74) is 1.68. The minimum Gasteiger partial charge on any atom is -0.497 e. The molecule has 1 amide bonds. The SMILES string of the molecule is COc1ccc(-c2ccc(C(=O)NCC3CCNC3)c(F)c2)cc1. The van der Waals surface area contributed by atoms with E-state index in [-0.39, 0.29) is 11.5 Å². The molecule has 3 rings (SSSR count). The number of hydrogen-bond donors (Lipinski definition) is 2. The molecule has 24 heavy (non-hydrogen) atoms. The predicted molar refractivity (Wildman–Crippen MR) is 91.7 cm³/mol. The van der Waals surface area contributed by atoms with Crippen LogP contribution in [-0.2, 0) is 0 Å². The average Bonchev–Trinajstić information content (AvgIpc) is 3.13. The van der Waals surface area contributed by atoms with E-state index < -0.39 is 5.82 Å². The maximum atomic E-state index is 14.3. The van der Waals surface area contributed by atoms with Gasteiger partial charge in [-0.15, -0.1) is 0 Å². The topological polar surface area (TPSA) is 50.4 Å². The number of methoxy groups -OCH3 is 1. The molecule has 1 heterocycles. The Morgan fingerprint density at radius 3 is 2.62 bits per heavy atom. The normalized spacial score (nSPS) is 16.8. The Labute approximate surface area is 141 Å². The molecule has 5 heteroatoms. The Balaban J connectivity index is 1.70. The van der Waals surface area contributed by atoms with Crippen molar-refractivity contribution < 1.29 is 13.9 Å². The van der Waals surface area contributed by atoms with Crippen molar-refractivity contribution in [2.45, 2.75) is 6.42 Å². The number of carbonyl (C=O) groups is 1. The third kappa shape index (κ3) is 3.74. The summed E-state index contributed by atoms with van der Waals surface area (Å²) in [5.74, 6) is 0.304. The van der Waals surface area contributed by atoms with Gasteiger partial charge in [0.25, 0.3) is 5.91 Å². The molecule has 1 atom stereocenters. The number of amides is 1. The summed E-state index contributed by atoms with van der Waals surface area (Å²) in [7, 11) is 1.60. The molecular weight excluding hydrogens is 307 g/mol. The van der Waals surface area contributed by atoms with Gasteiger partial charge in [0, 0.05) is 6.54 Å². The van der Waals surface area contributed by atoms with Gasteiger partial charge in [-0.25, -0.2) is 4.39 Å². The Kier molecular flexibility index (Phi) is 5.11. The van der Waals surface area contributed by atoms with Crippen LogP contribution in [0.4, 0.5) is 4.39 Å². The maximum Gasteiger partial charge on any atom is 0.254 e. The van der Waals surface area contributed by atoms with E-state index >= 15 is 0 Å². The maximum absolute atomic E-state index is 14.3. The lowest BCUT2D eigenvalue weighted by Gasteiger charge is -2.11. The predicted octanol–water partition coefficient (Wildman–Crippen LogP) is 2.84. The first-order valence-corrected chi connectivity index (χ1v) is 8.10. The van der Waals surface area contributed by atoms with Crippen molar-refractivity contribution in [3.8, 4) is 16.9 Å². The molecule has 2 aromatic rings. The molecule has 0 saturated carbocycles. The van der Waals surface area contributed by atoms with Crippen LogP contribution in [0, 0.1) is 11.7 Å². The van der Waals surface area contributed by atoms with Crippen LogP contribution >= 0.6 is 0 Å². The second kappa shape index (κ2) is 7.45. The largest absolute Gasteiger partial charge is 0.497 e. The van der Waals surface area contributed by atoms with E-state index in [4.69, 9.17) is 4.74 Å². The summed E-state index contributed by atoms with van der Waals surface area (Å²) in [4.78, 5) is 12.2. The Hall–Kier alpha value is -2.40. The van der Waals surface area contributed by atoms with Gasteiger partial charge >= 0.3 is 0 Å². The van der Waals surface area contributed by atoms with Crippen molar-refractivity contribution in [3.63, 3.8) is 0 Å². The van der Waals surface area contributed by atoms with E-state index in [0.29, 0.717) is 12.5 Å². The highest BCUT2D eigenvalue weighted by Gasteiger charge is 2.17. The number of nitrogens with one attached hydrogen (secondary N) is 2. The van der Waals surface area contributed by atoms with Gasteiger partial charge in [-0.1, -0.05) is 18.2 Å². The number of hydrogen-bond acceptors (Lipinski definition) is 3. The van der Waals surface area contributed by atoms with Crippen molar-refractivity contribution in [3.05, 3.63) is 53.8 Å². The van der Waals surface area contributed by atoms with Crippen LogP contribution < -0.4 is 15.4 Å². The molecule has 1 saturated heterocycles. The zero-order valence-electron chi connectivity index (χ0n) is 13.6. The number of rotatable bonds is 5. The minimum absolute atomic E-state index is 0.0817. The molecule has 1 fully saturated rings. The molecule has 0 radical (unpaired) electrons. The van der Waals surface area contributed by atoms with Crippen molar-refractivity contribution in [1.29, 1.82) is 0 Å². The summed E-state index contributed by atoms with van der Waals surface area (Å²) in [6.07, 6.45) is 1.04. The van der Waals surface area contributed by atoms with Gasteiger partial charge in [-0.05, 0) is 60.8 Å². The molecule has 2 aromatic carbocycles. The highest BCUT2D eigenvalue weighted by atomic mass is 19.1. The van der Waals surface area contributed by atoms with E-state index in [1.807, 2.05) is 24.3 Å². The lowest BCUT2D eigenvalue weighted by atomic mass is 10.0. The van der Waals surface area contributed by atoms with Crippen LogP contribution in [0.15, 0.2) is 42.5 Å². The second-order valence-electron chi connectivity index (χ2n) is 5.99. The zero-order valence-corrected chi connectivity index (χ0v) is 13.6. The lowest BCUT2D eigenvalue weighted by Crippen LogP contribution is -2.30. The number of benzene rings is 2. The highest BCUT2D eigenvalue weighted by Crippen LogP contribution is 2.24. The van der Waals surface area contributed by atoms with Crippen LogP contribution in [0.25, 0.3) is 11.1 Å². The molecular formula is C19H21FN2O2. The average molecular weight is 328 g/mol. The molecule has 2 N–H and O–H groups in total. The summed E-state index contributed by atoms with van der Waals surface area (Å²) in [5, 5.41) is 6.07. The van der Waals surface area contributed by atoms with E-state index in [2.05, 4.69) is 10.6 Å². The second-order valence-corrected chi connectivity index (χ2v) is 5.99. The fourth-order valence-electron chi connectivity index (χ4n) is 2.88. The van der Waals surface area contributed by atoms with E-state index in [1.165, 1.54) is 12.1 Å². The molecule has 1 unspecified atom stereocenters. The van der Waals surface area contributed by atoms with Crippen LogP contribution in [0.2, 0.25) is 0 Å². The van der Waals surface area contributed by atoms with E-state index in [0.717, 1.165) is 36.4 Å². The summed E-state index contributed by atoms with van der Waals surface area (Å²) in [6, 6.07) is 12.1. The Morgan fingerprint density at radius 1 is 1.25 bits per heavy atom. The van der Waals surface area contributed by atoms with Crippen molar-refractivity contribution in [2.24, 2.45) is 5.92 Å². The quantitative estimate of drug-likeness (QED) is 0.887. The third-order valence-corrected chi connectivity index (χ3v) is 4.35. The zero-order chi connectivity index (χ0) is 16.9. The first-order chi connectivity index (χ1) is 11.7. The molecule has 4 nitrogen and oxygen atoms in total. The Bertz CT molecular complexity index is 710. The van der Waals surface area contributed by atoms with Gasteiger partial charge < -0.3 is 15.4 Å². The van der Waals surface area contributed by atoms with Crippen LogP contribution in [0.5, 0.6) is 5.75 Å². The molecule has 0 bridgehead atoms. The first kappa shape index (κ1) is 16.5. The number of halogens is 1. The summed E-state index contributed by atoms with van der Waals surface area (Å²) < 4.78 is 19.5. The molecule has 0 spiro atoms. The Morgan fingerprint density at radius 2 is 2.00 bits per heavy atom. The van der Waals surface area contributed by atoms with Crippen molar-refractivity contribution in [2.75, 3.05) is 26.7 Å². The van der Waals surface area contributed by atoms with Crippen molar-refractivity contribution in [1.82, 2.24) is 10.6 Å². The third-order valence-electron chi connectivity index (χ3n) is 4.35. The van der Waals surface area contributed by atoms with Gasteiger partial charge in [0.1, 0.15) is 11.6 Å². The number of ether oxygens (including phenoxy) is 1. The van der Waals surface area contributed by atoms with E-state index in [1.54, 1.807) is 13.2 Å². The minimum atomic E-state index is -0.509. The van der Waals surface area contributed by atoms with Gasteiger partial charge in [0.2, 0.25) is 0 Å². The molecule has 1 aliphatic rings. The number of carbonyl (C=O) groups excluding carboxylic acids is 1. The van der Waals surface area contributed by atoms with Gasteiger partial charge in [0.15, 0.2) is 0 Å². The summed E-state index contributed by atoms with van der Waals surface area (Å²) >= 11 is 0. The van der Waals surface area contributed by atoms with E-state index in [9.17, 15) is 9.18 Å². The molecule has 0 aromatic heterocycles. The fourth-order valence-corrected chi connectivity index (χ4v) is 2.88. The molecule has 1 aliphatic heterocycles. The molecule has 126 valence electrons. The highest BCUT2D eigenvalue weighted by molar-refractivity contribution is 5.95. The van der Waals surface area contributed by atoms with Gasteiger partial charge in [-0.3, -0.25) is 4.79 Å². The van der Waals surface area contributed by atoms with Gasteiger partial charge in [0.05, 0.1) is 12.7 Å². The monoisotopic (exact) mass is 328 g/mol.